The molecule has 3 N–H and O–H groups in total. The summed E-state index contributed by atoms with van der Waals surface area (Å²) in [6.45, 7) is 1.75. The largest absolute Gasteiger partial charge is 0.491 e. The van der Waals surface area contributed by atoms with Crippen LogP contribution in [0.3, 0.4) is 0 Å². The average Bonchev–Trinajstić information content (AvgIpc) is 3.64. The summed E-state index contributed by atoms with van der Waals surface area (Å²) >= 11 is 0. The predicted octanol–water partition coefficient (Wildman–Crippen LogP) is 5.36. The first-order valence-electron chi connectivity index (χ1n) is 14.5. The summed E-state index contributed by atoms with van der Waals surface area (Å²) in [6.07, 6.45) is 12.6. The van der Waals surface area contributed by atoms with Crippen LogP contribution in [0.15, 0.2) is 36.8 Å². The van der Waals surface area contributed by atoms with E-state index >= 15 is 0 Å². The molecular formula is C29H35F2N7O4S. The molecule has 1 saturated heterocycles. The topological polar surface area (TPSA) is 139 Å². The monoisotopic (exact) mass is 615 g/mol. The summed E-state index contributed by atoms with van der Waals surface area (Å²) < 4.78 is 67.8. The second-order valence-electron chi connectivity index (χ2n) is 11.2. The van der Waals surface area contributed by atoms with Crippen molar-refractivity contribution in [1.82, 2.24) is 24.5 Å². The Morgan fingerprint density at radius 2 is 1.88 bits per heavy atom. The van der Waals surface area contributed by atoms with Gasteiger partial charge in [0.2, 0.25) is 0 Å². The zero-order chi connectivity index (χ0) is 30.1. The van der Waals surface area contributed by atoms with Crippen LogP contribution in [0.25, 0.3) is 33.3 Å². The Hall–Kier alpha value is -3.78. The number of sulfonamides is 1. The van der Waals surface area contributed by atoms with Gasteiger partial charge in [0.15, 0.2) is 0 Å². The standard InChI is InChI=1S/C29H35F2N7O4S/c1-37-27-22(20-14-34-38(16-20)21-9-11-41-12-10-21)15-33-28(32)25(27)26(35-37)19-7-8-23(36-43(39,40)29(30)31)24(13-19)42-17-18-5-3-2-4-6-18/h7-8,13-16,18,21,29,36H,2-6,9-12,17H2,1H3,(H2,32,33). The van der Waals surface area contributed by atoms with Crippen LogP contribution < -0.4 is 15.2 Å². The summed E-state index contributed by atoms with van der Waals surface area (Å²) in [4.78, 5) is 4.47. The lowest BCUT2D eigenvalue weighted by molar-refractivity contribution is 0.0662. The summed E-state index contributed by atoms with van der Waals surface area (Å²) in [7, 11) is -3.09. The van der Waals surface area contributed by atoms with Crippen LogP contribution in [0.5, 0.6) is 5.75 Å². The van der Waals surface area contributed by atoms with Crippen LogP contribution in [0.1, 0.15) is 51.0 Å². The molecule has 2 aliphatic rings. The van der Waals surface area contributed by atoms with Gasteiger partial charge in [-0.3, -0.25) is 14.1 Å². The maximum absolute atomic E-state index is 13.2. The fourth-order valence-corrected chi connectivity index (χ4v) is 6.57. The number of nitrogens with zero attached hydrogens (tertiary/aromatic N) is 5. The molecule has 6 rings (SSSR count). The lowest BCUT2D eigenvalue weighted by Gasteiger charge is -2.23. The van der Waals surface area contributed by atoms with Gasteiger partial charge in [0.25, 0.3) is 10.0 Å². The molecule has 230 valence electrons. The number of alkyl halides is 2. The molecule has 4 aromatic rings. The fraction of sp³-hybridized carbons (Fsp3) is 0.483. The first kappa shape index (κ1) is 29.3. The van der Waals surface area contributed by atoms with Crippen molar-refractivity contribution in [3.05, 3.63) is 36.8 Å². The number of aromatic nitrogens is 5. The molecule has 0 radical (unpaired) electrons. The Balaban J connectivity index is 1.39. The number of hydrogen-bond donors (Lipinski definition) is 2. The molecule has 3 aromatic heterocycles. The van der Waals surface area contributed by atoms with Crippen LogP contribution in [0.2, 0.25) is 0 Å². The Morgan fingerprint density at radius 3 is 2.63 bits per heavy atom. The van der Waals surface area contributed by atoms with E-state index in [2.05, 4.69) is 10.1 Å². The third-order valence-electron chi connectivity index (χ3n) is 8.31. The predicted molar refractivity (Wildman–Crippen MR) is 159 cm³/mol. The van der Waals surface area contributed by atoms with Gasteiger partial charge in [-0.2, -0.15) is 19.0 Å². The smallest absolute Gasteiger partial charge is 0.355 e. The highest BCUT2D eigenvalue weighted by Gasteiger charge is 2.27. The van der Waals surface area contributed by atoms with E-state index in [0.717, 1.165) is 55.2 Å². The molecule has 4 heterocycles. The van der Waals surface area contributed by atoms with E-state index in [0.29, 0.717) is 42.4 Å². The van der Waals surface area contributed by atoms with Crippen LogP contribution >= 0.6 is 0 Å². The van der Waals surface area contributed by atoms with E-state index in [1.807, 2.05) is 22.6 Å². The van der Waals surface area contributed by atoms with Gasteiger partial charge in [0, 0.05) is 49.3 Å². The van der Waals surface area contributed by atoms with Crippen molar-refractivity contribution in [2.45, 2.75) is 56.7 Å². The van der Waals surface area contributed by atoms with E-state index in [-0.39, 0.29) is 23.3 Å². The number of hydrogen-bond acceptors (Lipinski definition) is 8. The van der Waals surface area contributed by atoms with Crippen molar-refractivity contribution in [2.75, 3.05) is 30.3 Å². The normalized spacial score (nSPS) is 17.1. The Morgan fingerprint density at radius 1 is 1.12 bits per heavy atom. The molecule has 1 aliphatic carbocycles. The van der Waals surface area contributed by atoms with Gasteiger partial charge in [-0.05, 0) is 43.7 Å². The van der Waals surface area contributed by atoms with Gasteiger partial charge >= 0.3 is 5.76 Å². The molecule has 1 saturated carbocycles. The third kappa shape index (κ3) is 6.03. The second-order valence-corrected chi connectivity index (χ2v) is 12.9. The van der Waals surface area contributed by atoms with Crippen molar-refractivity contribution in [3.63, 3.8) is 0 Å². The van der Waals surface area contributed by atoms with Crippen LogP contribution in [-0.4, -0.2) is 58.5 Å². The van der Waals surface area contributed by atoms with Gasteiger partial charge in [0.05, 0.1) is 35.4 Å². The number of aryl methyl sites for hydroxylation is 1. The number of pyridine rings is 1. The van der Waals surface area contributed by atoms with Crippen molar-refractivity contribution >= 4 is 32.4 Å². The number of fused-ring (bicyclic) bond motifs is 1. The van der Waals surface area contributed by atoms with Crippen LogP contribution in [0, 0.1) is 5.92 Å². The second kappa shape index (κ2) is 12.1. The van der Waals surface area contributed by atoms with Crippen molar-refractivity contribution in [2.24, 2.45) is 13.0 Å². The lowest BCUT2D eigenvalue weighted by Crippen LogP contribution is -2.21. The van der Waals surface area contributed by atoms with E-state index in [4.69, 9.17) is 20.3 Å². The molecule has 1 aromatic carbocycles. The highest BCUT2D eigenvalue weighted by atomic mass is 32.2. The van der Waals surface area contributed by atoms with Gasteiger partial charge in [-0.1, -0.05) is 25.3 Å². The number of ether oxygens (including phenoxy) is 2. The molecule has 0 spiro atoms. The van der Waals surface area contributed by atoms with E-state index in [1.54, 1.807) is 29.2 Å². The van der Waals surface area contributed by atoms with E-state index in [1.165, 1.54) is 12.5 Å². The molecular weight excluding hydrogens is 580 g/mol. The zero-order valence-corrected chi connectivity index (χ0v) is 24.7. The van der Waals surface area contributed by atoms with Gasteiger partial charge < -0.3 is 15.2 Å². The summed E-state index contributed by atoms with van der Waals surface area (Å²) in [5.41, 5.74) is 9.86. The maximum Gasteiger partial charge on any atom is 0.355 e. The molecule has 14 heteroatoms. The van der Waals surface area contributed by atoms with Crippen LogP contribution in [0.4, 0.5) is 20.3 Å². The zero-order valence-electron chi connectivity index (χ0n) is 23.9. The number of anilines is 2. The first-order valence-corrected chi connectivity index (χ1v) is 16.1. The molecule has 0 amide bonds. The highest BCUT2D eigenvalue weighted by Crippen LogP contribution is 2.40. The maximum atomic E-state index is 13.2. The number of nitrogens with one attached hydrogen (secondary N) is 1. The average molecular weight is 616 g/mol. The number of nitrogens with two attached hydrogens (primary N) is 1. The van der Waals surface area contributed by atoms with Crippen molar-refractivity contribution in [3.8, 4) is 28.1 Å². The van der Waals surface area contributed by atoms with Gasteiger partial charge in [-0.15, -0.1) is 0 Å². The summed E-state index contributed by atoms with van der Waals surface area (Å²) in [5.74, 6) is -2.87. The van der Waals surface area contributed by atoms with E-state index < -0.39 is 15.8 Å². The Labute approximate surface area is 248 Å². The van der Waals surface area contributed by atoms with Crippen molar-refractivity contribution in [1.29, 1.82) is 0 Å². The molecule has 43 heavy (non-hydrogen) atoms. The first-order chi connectivity index (χ1) is 20.7. The number of halogens is 2. The molecule has 1 aliphatic heterocycles. The van der Waals surface area contributed by atoms with Gasteiger partial charge in [-0.25, -0.2) is 13.4 Å². The van der Waals surface area contributed by atoms with Crippen molar-refractivity contribution < 1.29 is 26.7 Å². The molecule has 0 bridgehead atoms. The third-order valence-corrected chi connectivity index (χ3v) is 9.28. The number of rotatable bonds is 9. The summed E-state index contributed by atoms with van der Waals surface area (Å²) in [6, 6.07) is 4.89. The minimum Gasteiger partial charge on any atom is -0.491 e. The lowest BCUT2D eigenvalue weighted by atomic mass is 9.90. The molecule has 2 fully saturated rings. The number of benzene rings is 1. The molecule has 0 atom stereocenters. The van der Waals surface area contributed by atoms with Gasteiger partial charge in [0.1, 0.15) is 17.3 Å². The minimum atomic E-state index is -4.90. The Bertz CT molecular complexity index is 1710. The van der Waals surface area contributed by atoms with Crippen LogP contribution in [-0.2, 0) is 21.8 Å². The minimum absolute atomic E-state index is 0.0626. The SMILES string of the molecule is Cn1nc(-c2ccc(NS(=O)(=O)C(F)F)c(OCC3CCCCC3)c2)c2c(N)ncc(-c3cnn(C4CCOCC4)c3)c21. The molecule has 11 nitrogen and oxygen atoms in total. The summed E-state index contributed by atoms with van der Waals surface area (Å²) in [5, 5.41) is 9.98. The Kier molecular flexibility index (Phi) is 8.23. The quantitative estimate of drug-likeness (QED) is 0.257. The fourth-order valence-electron chi connectivity index (χ4n) is 6.01. The number of nitrogen functional groups attached to an aromatic ring is 1. The molecule has 0 unspecified atom stereocenters. The van der Waals surface area contributed by atoms with E-state index in [9.17, 15) is 17.2 Å². The highest BCUT2D eigenvalue weighted by molar-refractivity contribution is 7.93.